The molecule has 1 heterocycles. The number of ether oxygens (including phenoxy) is 1. The normalized spacial score (nSPS) is 12.6. The first-order valence-corrected chi connectivity index (χ1v) is 7.78. The number of rotatable bonds is 7. The lowest BCUT2D eigenvalue weighted by Gasteiger charge is -2.22. The smallest absolute Gasteiger partial charge is 0.263 e. The summed E-state index contributed by atoms with van der Waals surface area (Å²) < 4.78 is 32.8. The summed E-state index contributed by atoms with van der Waals surface area (Å²) in [6, 6.07) is 0. The zero-order chi connectivity index (χ0) is 14.6. The van der Waals surface area contributed by atoms with E-state index in [1.807, 2.05) is 13.8 Å². The number of hydrogen-bond donors (Lipinski definition) is 0. The van der Waals surface area contributed by atoms with Crippen LogP contribution < -0.4 is 0 Å². The van der Waals surface area contributed by atoms with Crippen molar-refractivity contribution in [2.24, 2.45) is 13.0 Å². The molecule has 0 aromatic carbocycles. The molecular formula is C11H20ClN3O3S. The van der Waals surface area contributed by atoms with Crippen LogP contribution in [-0.2, 0) is 21.8 Å². The molecule has 0 saturated heterocycles. The van der Waals surface area contributed by atoms with E-state index in [-0.39, 0.29) is 22.6 Å². The van der Waals surface area contributed by atoms with Gasteiger partial charge in [0.25, 0.3) is 10.0 Å². The lowest BCUT2D eigenvalue weighted by Crippen LogP contribution is -2.37. The highest BCUT2D eigenvalue weighted by atomic mass is 35.5. The van der Waals surface area contributed by atoms with Gasteiger partial charge in [-0.1, -0.05) is 25.4 Å². The fourth-order valence-corrected chi connectivity index (χ4v) is 3.58. The highest BCUT2D eigenvalue weighted by molar-refractivity contribution is 7.89. The van der Waals surface area contributed by atoms with Crippen LogP contribution in [0, 0.1) is 5.92 Å². The van der Waals surface area contributed by atoms with Gasteiger partial charge in [0.05, 0.1) is 12.9 Å². The standard InChI is InChI=1S/C11H20ClN3O3S/c1-9(2)7-15(5-6-18-4)19(16,17)11-10(12)14(3)8-13-11/h8-9H,5-7H2,1-4H3. The van der Waals surface area contributed by atoms with Crippen molar-refractivity contribution in [1.29, 1.82) is 0 Å². The number of sulfonamides is 1. The third-order valence-corrected chi connectivity index (χ3v) is 4.89. The van der Waals surface area contributed by atoms with Gasteiger partial charge in [-0.05, 0) is 5.92 Å². The van der Waals surface area contributed by atoms with E-state index in [9.17, 15) is 8.42 Å². The molecule has 0 atom stereocenters. The molecule has 0 N–H and O–H groups in total. The average molecular weight is 310 g/mol. The quantitative estimate of drug-likeness (QED) is 0.763. The van der Waals surface area contributed by atoms with Crippen LogP contribution >= 0.6 is 11.6 Å². The van der Waals surface area contributed by atoms with Gasteiger partial charge in [-0.15, -0.1) is 0 Å². The van der Waals surface area contributed by atoms with Gasteiger partial charge in [0, 0.05) is 27.2 Å². The Bertz CT molecular complexity index is 513. The van der Waals surface area contributed by atoms with E-state index in [1.54, 1.807) is 7.05 Å². The van der Waals surface area contributed by atoms with Crippen molar-refractivity contribution < 1.29 is 13.2 Å². The molecule has 0 fully saturated rings. The van der Waals surface area contributed by atoms with Gasteiger partial charge in [0.2, 0.25) is 5.03 Å². The molecule has 0 unspecified atom stereocenters. The first-order valence-electron chi connectivity index (χ1n) is 5.96. The summed E-state index contributed by atoms with van der Waals surface area (Å²) in [5.74, 6) is 0.203. The summed E-state index contributed by atoms with van der Waals surface area (Å²) in [5.41, 5.74) is 0. The largest absolute Gasteiger partial charge is 0.383 e. The van der Waals surface area contributed by atoms with Crippen LogP contribution in [-0.4, -0.2) is 49.1 Å². The molecule has 8 heteroatoms. The van der Waals surface area contributed by atoms with Gasteiger partial charge in [0.1, 0.15) is 5.15 Å². The lowest BCUT2D eigenvalue weighted by atomic mass is 10.2. The fraction of sp³-hybridized carbons (Fsp3) is 0.727. The third-order valence-electron chi connectivity index (χ3n) is 2.53. The van der Waals surface area contributed by atoms with Crippen LogP contribution in [0.2, 0.25) is 5.15 Å². The van der Waals surface area contributed by atoms with Crippen LogP contribution in [0.5, 0.6) is 0 Å². The van der Waals surface area contributed by atoms with E-state index >= 15 is 0 Å². The van der Waals surface area contributed by atoms with Gasteiger partial charge in [-0.2, -0.15) is 4.31 Å². The first kappa shape index (κ1) is 16.4. The first-order chi connectivity index (χ1) is 8.80. The predicted molar refractivity (Wildman–Crippen MR) is 73.7 cm³/mol. The van der Waals surface area contributed by atoms with Gasteiger partial charge in [-0.3, -0.25) is 0 Å². The molecule has 1 aromatic heterocycles. The average Bonchev–Trinajstić information content (AvgIpc) is 2.65. The van der Waals surface area contributed by atoms with Gasteiger partial charge < -0.3 is 9.30 Å². The van der Waals surface area contributed by atoms with Crippen LogP contribution in [0.15, 0.2) is 11.4 Å². The zero-order valence-electron chi connectivity index (χ0n) is 11.6. The molecule has 0 radical (unpaired) electrons. The minimum absolute atomic E-state index is 0.103. The molecule has 1 rings (SSSR count). The number of halogens is 1. The van der Waals surface area contributed by atoms with Crippen molar-refractivity contribution in [1.82, 2.24) is 13.9 Å². The Morgan fingerprint density at radius 2 is 2.16 bits per heavy atom. The Balaban J connectivity index is 3.08. The molecule has 19 heavy (non-hydrogen) atoms. The topological polar surface area (TPSA) is 64.4 Å². The fourth-order valence-electron chi connectivity index (χ4n) is 1.60. The van der Waals surface area contributed by atoms with E-state index in [0.717, 1.165) is 0 Å². The lowest BCUT2D eigenvalue weighted by molar-refractivity contribution is 0.175. The molecule has 0 amide bonds. The minimum Gasteiger partial charge on any atom is -0.383 e. The number of imidazole rings is 1. The molecule has 0 aliphatic heterocycles. The second-order valence-corrected chi connectivity index (χ2v) is 6.91. The van der Waals surface area contributed by atoms with Crippen molar-refractivity contribution in [2.75, 3.05) is 26.8 Å². The van der Waals surface area contributed by atoms with E-state index in [2.05, 4.69) is 4.98 Å². The second-order valence-electron chi connectivity index (χ2n) is 4.70. The van der Waals surface area contributed by atoms with Crippen molar-refractivity contribution in [2.45, 2.75) is 18.9 Å². The summed E-state index contributed by atoms with van der Waals surface area (Å²) >= 11 is 5.97. The van der Waals surface area contributed by atoms with Crippen LogP contribution in [0.1, 0.15) is 13.8 Å². The summed E-state index contributed by atoms with van der Waals surface area (Å²) in [5, 5.41) is 0.0135. The summed E-state index contributed by atoms with van der Waals surface area (Å²) in [6.07, 6.45) is 1.39. The molecule has 0 aliphatic rings. The Kier molecular flexibility index (Phi) is 5.79. The van der Waals surface area contributed by atoms with E-state index in [0.29, 0.717) is 13.2 Å². The number of nitrogens with zero attached hydrogens (tertiary/aromatic N) is 3. The van der Waals surface area contributed by atoms with Crippen molar-refractivity contribution in [3.8, 4) is 0 Å². The number of aryl methyl sites for hydroxylation is 1. The van der Waals surface area contributed by atoms with E-state index < -0.39 is 10.0 Å². The highest BCUT2D eigenvalue weighted by Gasteiger charge is 2.30. The van der Waals surface area contributed by atoms with Crippen molar-refractivity contribution >= 4 is 21.6 Å². The maximum Gasteiger partial charge on any atom is 0.263 e. The Hall–Kier alpha value is -0.630. The molecule has 110 valence electrons. The second kappa shape index (κ2) is 6.69. The molecule has 0 bridgehead atoms. The maximum atomic E-state index is 12.5. The molecule has 0 aliphatic carbocycles. The Labute approximate surface area is 119 Å². The van der Waals surface area contributed by atoms with Crippen LogP contribution in [0.25, 0.3) is 0 Å². The summed E-state index contributed by atoms with van der Waals surface area (Å²) in [7, 11) is -0.504. The van der Waals surface area contributed by atoms with Crippen LogP contribution in [0.4, 0.5) is 0 Å². The predicted octanol–water partition coefficient (Wildman–Crippen LogP) is 1.37. The summed E-state index contributed by atoms with van der Waals surface area (Å²) in [6.45, 7) is 4.92. The Morgan fingerprint density at radius 1 is 1.53 bits per heavy atom. The Morgan fingerprint density at radius 3 is 2.58 bits per heavy atom. The zero-order valence-corrected chi connectivity index (χ0v) is 13.2. The van der Waals surface area contributed by atoms with E-state index in [4.69, 9.17) is 16.3 Å². The number of aromatic nitrogens is 2. The number of methoxy groups -OCH3 is 1. The number of hydrogen-bond acceptors (Lipinski definition) is 4. The van der Waals surface area contributed by atoms with Crippen molar-refractivity contribution in [3.63, 3.8) is 0 Å². The SMILES string of the molecule is COCCN(CC(C)C)S(=O)(=O)c1ncn(C)c1Cl. The van der Waals surface area contributed by atoms with E-state index in [1.165, 1.54) is 22.3 Å². The monoisotopic (exact) mass is 309 g/mol. The molecular weight excluding hydrogens is 290 g/mol. The van der Waals surface area contributed by atoms with Gasteiger partial charge in [0.15, 0.2) is 0 Å². The third kappa shape index (κ3) is 3.92. The molecule has 1 aromatic rings. The van der Waals surface area contributed by atoms with Crippen LogP contribution in [0.3, 0.4) is 0 Å². The molecule has 6 nitrogen and oxygen atoms in total. The van der Waals surface area contributed by atoms with Gasteiger partial charge in [-0.25, -0.2) is 13.4 Å². The molecule has 0 spiro atoms. The van der Waals surface area contributed by atoms with Crippen molar-refractivity contribution in [3.05, 3.63) is 11.5 Å². The summed E-state index contributed by atoms with van der Waals surface area (Å²) in [4.78, 5) is 3.88. The van der Waals surface area contributed by atoms with Gasteiger partial charge >= 0.3 is 0 Å². The highest BCUT2D eigenvalue weighted by Crippen LogP contribution is 2.23. The molecule has 0 saturated carbocycles. The minimum atomic E-state index is -3.69. The maximum absolute atomic E-state index is 12.5.